The number of fused-ring (bicyclic) bond motifs is 1. The van der Waals surface area contributed by atoms with Crippen molar-refractivity contribution in [1.29, 1.82) is 0 Å². The highest BCUT2D eigenvalue weighted by Crippen LogP contribution is 2.29. The van der Waals surface area contributed by atoms with Crippen LogP contribution in [0.2, 0.25) is 0 Å². The summed E-state index contributed by atoms with van der Waals surface area (Å²) in [4.78, 5) is 3.82. The van der Waals surface area contributed by atoms with Crippen molar-refractivity contribution in [2.75, 3.05) is 18.8 Å². The van der Waals surface area contributed by atoms with Gasteiger partial charge in [-0.2, -0.15) is 8.42 Å². The van der Waals surface area contributed by atoms with Gasteiger partial charge in [0.05, 0.1) is 11.0 Å². The van der Waals surface area contributed by atoms with Gasteiger partial charge in [-0.05, 0) is 42.7 Å². The zero-order valence-electron chi connectivity index (χ0n) is 14.0. The fraction of sp³-hybridized carbons (Fsp3) is 0.353. The second kappa shape index (κ2) is 7.58. The quantitative estimate of drug-likeness (QED) is 0.545. The molecule has 0 spiro atoms. The summed E-state index contributed by atoms with van der Waals surface area (Å²) < 4.78 is 37.3. The molecule has 0 fully saturated rings. The molecule has 26 heavy (non-hydrogen) atoms. The summed E-state index contributed by atoms with van der Waals surface area (Å²) in [5.41, 5.74) is 6.96. The number of hydrogen-bond donors (Lipinski definition) is 4. The number of nitrogens with two attached hydrogens (primary N) is 1. The van der Waals surface area contributed by atoms with E-state index in [-0.39, 0.29) is 11.0 Å². The van der Waals surface area contributed by atoms with Crippen molar-refractivity contribution in [3.8, 4) is 5.75 Å². The molecule has 0 saturated carbocycles. The summed E-state index contributed by atoms with van der Waals surface area (Å²) >= 11 is 0. The molecule has 2 aromatic rings. The lowest BCUT2D eigenvalue weighted by atomic mass is 10.0. The Kier molecular flexibility index (Phi) is 5.42. The predicted molar refractivity (Wildman–Crippen MR) is 95.5 cm³/mol. The number of nitrogen functional groups attached to an aromatic ring is 1. The Bertz CT molecular complexity index is 870. The first-order valence-corrected chi connectivity index (χ1v) is 9.64. The molecule has 2 atom stereocenters. The van der Waals surface area contributed by atoms with E-state index in [1.165, 1.54) is 12.1 Å². The number of aliphatic hydroxyl groups excluding tert-OH is 1. The van der Waals surface area contributed by atoms with E-state index >= 15 is 0 Å². The van der Waals surface area contributed by atoms with Gasteiger partial charge in [-0.25, -0.2) is 4.98 Å². The van der Waals surface area contributed by atoms with E-state index in [9.17, 15) is 13.5 Å². The van der Waals surface area contributed by atoms with Crippen LogP contribution >= 0.6 is 0 Å². The standard InChI is InChI=1S/C17H21N3O5S/c18-17-6-2-12(8-20-17)15(21)10-19-9-13-3-1-11-7-14(26(22,23)24)4-5-16(11)25-13/h2,4-8,13,15,19,21H,1,3,9-10H2,(H2,18,20)(H,22,23,24)/t13-,15-/m0/s1. The van der Waals surface area contributed by atoms with Crippen molar-refractivity contribution in [3.63, 3.8) is 0 Å². The van der Waals surface area contributed by atoms with Gasteiger partial charge in [0.1, 0.15) is 17.7 Å². The SMILES string of the molecule is Nc1ccc([C@@H](O)CNC[C@@H]2CCc3cc(S(=O)(=O)O)ccc3O2)cn1. The largest absolute Gasteiger partial charge is 0.489 e. The van der Waals surface area contributed by atoms with Gasteiger partial charge < -0.3 is 20.9 Å². The first-order valence-electron chi connectivity index (χ1n) is 8.20. The number of aliphatic hydroxyl groups is 1. The highest BCUT2D eigenvalue weighted by Gasteiger charge is 2.22. The third kappa shape index (κ3) is 4.50. The van der Waals surface area contributed by atoms with E-state index in [1.54, 1.807) is 24.4 Å². The van der Waals surface area contributed by atoms with Crippen LogP contribution in [0.1, 0.15) is 23.7 Å². The van der Waals surface area contributed by atoms with E-state index in [0.29, 0.717) is 43.1 Å². The second-order valence-electron chi connectivity index (χ2n) is 6.21. The zero-order valence-corrected chi connectivity index (χ0v) is 14.8. The van der Waals surface area contributed by atoms with E-state index in [0.717, 1.165) is 5.56 Å². The number of rotatable bonds is 6. The van der Waals surface area contributed by atoms with E-state index < -0.39 is 16.2 Å². The fourth-order valence-electron chi connectivity index (χ4n) is 2.84. The molecular weight excluding hydrogens is 358 g/mol. The number of pyridine rings is 1. The molecule has 3 rings (SSSR count). The Morgan fingerprint density at radius 2 is 2.15 bits per heavy atom. The predicted octanol–water partition coefficient (Wildman–Crippen LogP) is 0.927. The average molecular weight is 379 g/mol. The Morgan fingerprint density at radius 1 is 1.35 bits per heavy atom. The molecule has 140 valence electrons. The molecule has 0 radical (unpaired) electrons. The number of hydrogen-bond acceptors (Lipinski definition) is 7. The topological polar surface area (TPSA) is 135 Å². The van der Waals surface area contributed by atoms with Crippen molar-refractivity contribution < 1.29 is 22.8 Å². The van der Waals surface area contributed by atoms with Crippen LogP contribution in [-0.2, 0) is 16.5 Å². The number of aromatic nitrogens is 1. The van der Waals surface area contributed by atoms with Gasteiger partial charge in [0.25, 0.3) is 10.1 Å². The molecular formula is C17H21N3O5S. The van der Waals surface area contributed by atoms with Gasteiger partial charge in [-0.15, -0.1) is 0 Å². The van der Waals surface area contributed by atoms with Crippen LogP contribution in [-0.4, -0.2) is 42.3 Å². The zero-order chi connectivity index (χ0) is 18.7. The summed E-state index contributed by atoms with van der Waals surface area (Å²) in [5, 5.41) is 13.3. The minimum Gasteiger partial charge on any atom is -0.489 e. The van der Waals surface area contributed by atoms with Gasteiger partial charge in [-0.3, -0.25) is 4.55 Å². The fourth-order valence-corrected chi connectivity index (χ4v) is 3.37. The molecule has 0 bridgehead atoms. The van der Waals surface area contributed by atoms with Gasteiger partial charge in [0, 0.05) is 24.8 Å². The van der Waals surface area contributed by atoms with Gasteiger partial charge in [0.15, 0.2) is 0 Å². The summed E-state index contributed by atoms with van der Waals surface area (Å²) in [6, 6.07) is 7.68. The van der Waals surface area contributed by atoms with Crippen molar-refractivity contribution in [1.82, 2.24) is 10.3 Å². The summed E-state index contributed by atoms with van der Waals surface area (Å²) in [6.45, 7) is 0.888. The number of aryl methyl sites for hydroxylation is 1. The Balaban J connectivity index is 1.52. The molecule has 1 aliphatic rings. The molecule has 0 amide bonds. The smallest absolute Gasteiger partial charge is 0.294 e. The Morgan fingerprint density at radius 3 is 2.85 bits per heavy atom. The minimum atomic E-state index is -4.21. The third-order valence-electron chi connectivity index (χ3n) is 4.26. The van der Waals surface area contributed by atoms with Crippen molar-refractivity contribution in [3.05, 3.63) is 47.7 Å². The van der Waals surface area contributed by atoms with Gasteiger partial charge in [-0.1, -0.05) is 6.07 Å². The summed E-state index contributed by atoms with van der Waals surface area (Å²) in [7, 11) is -4.21. The molecule has 5 N–H and O–H groups in total. The molecule has 0 aliphatic carbocycles. The molecule has 9 heteroatoms. The summed E-state index contributed by atoms with van der Waals surface area (Å²) in [6.07, 6.45) is 2.11. The normalized spacial score (nSPS) is 18.0. The molecule has 1 aliphatic heterocycles. The van der Waals surface area contributed by atoms with Crippen LogP contribution in [0.3, 0.4) is 0 Å². The number of benzene rings is 1. The number of anilines is 1. The first-order chi connectivity index (χ1) is 12.3. The summed E-state index contributed by atoms with van der Waals surface area (Å²) in [5.74, 6) is 1.01. The molecule has 2 heterocycles. The maximum atomic E-state index is 11.2. The highest BCUT2D eigenvalue weighted by molar-refractivity contribution is 7.85. The van der Waals surface area contributed by atoms with Crippen LogP contribution in [0.4, 0.5) is 5.82 Å². The first kappa shape index (κ1) is 18.6. The lowest BCUT2D eigenvalue weighted by molar-refractivity contribution is 0.146. The number of nitrogens with zero attached hydrogens (tertiary/aromatic N) is 1. The van der Waals surface area contributed by atoms with E-state index in [2.05, 4.69) is 10.3 Å². The van der Waals surface area contributed by atoms with Crippen LogP contribution in [0.5, 0.6) is 5.75 Å². The van der Waals surface area contributed by atoms with Crippen LogP contribution < -0.4 is 15.8 Å². The second-order valence-corrected chi connectivity index (χ2v) is 7.64. The van der Waals surface area contributed by atoms with Crippen molar-refractivity contribution in [2.24, 2.45) is 0 Å². The average Bonchev–Trinajstić information content (AvgIpc) is 2.61. The lowest BCUT2D eigenvalue weighted by Crippen LogP contribution is -2.36. The Hall–Kier alpha value is -2.20. The van der Waals surface area contributed by atoms with Gasteiger partial charge in [0.2, 0.25) is 0 Å². The van der Waals surface area contributed by atoms with Crippen molar-refractivity contribution in [2.45, 2.75) is 29.9 Å². The molecule has 0 saturated heterocycles. The van der Waals surface area contributed by atoms with Crippen LogP contribution in [0.25, 0.3) is 0 Å². The van der Waals surface area contributed by atoms with Gasteiger partial charge >= 0.3 is 0 Å². The maximum Gasteiger partial charge on any atom is 0.294 e. The number of ether oxygens (including phenoxy) is 1. The number of nitrogens with one attached hydrogen (secondary N) is 1. The van der Waals surface area contributed by atoms with Crippen LogP contribution in [0.15, 0.2) is 41.4 Å². The monoisotopic (exact) mass is 379 g/mol. The lowest BCUT2D eigenvalue weighted by Gasteiger charge is -2.27. The van der Waals surface area contributed by atoms with E-state index in [4.69, 9.17) is 15.0 Å². The third-order valence-corrected chi connectivity index (χ3v) is 5.11. The molecule has 0 unspecified atom stereocenters. The molecule has 8 nitrogen and oxygen atoms in total. The maximum absolute atomic E-state index is 11.2. The van der Waals surface area contributed by atoms with Crippen LogP contribution in [0, 0.1) is 0 Å². The highest BCUT2D eigenvalue weighted by atomic mass is 32.2. The molecule has 1 aromatic heterocycles. The van der Waals surface area contributed by atoms with Crippen molar-refractivity contribution >= 4 is 15.9 Å². The molecule has 1 aromatic carbocycles. The Labute approximate surface area is 151 Å². The van der Waals surface area contributed by atoms with E-state index in [1.807, 2.05) is 0 Å². The minimum absolute atomic E-state index is 0.0872.